The monoisotopic (exact) mass is 576 g/mol. The van der Waals surface area contributed by atoms with Crippen LogP contribution in [0.5, 0.6) is 0 Å². The van der Waals surface area contributed by atoms with Gasteiger partial charge in [0.25, 0.3) is 0 Å². The zero-order chi connectivity index (χ0) is 29.1. The van der Waals surface area contributed by atoms with Crippen LogP contribution < -0.4 is 4.31 Å². The van der Waals surface area contributed by atoms with Gasteiger partial charge in [-0.3, -0.25) is 14.5 Å². The quantitative estimate of drug-likeness (QED) is 0.301. The second-order valence-corrected chi connectivity index (χ2v) is 12.4. The summed E-state index contributed by atoms with van der Waals surface area (Å²) in [5.41, 5.74) is 6.11. The molecule has 1 unspecified atom stereocenters. The summed E-state index contributed by atoms with van der Waals surface area (Å²) in [5, 5.41) is 13.0. The molecule has 0 spiro atoms. The fourth-order valence-corrected chi connectivity index (χ4v) is 7.09. The highest BCUT2D eigenvalue weighted by molar-refractivity contribution is 7.92. The molecule has 5 heterocycles. The first-order valence-electron chi connectivity index (χ1n) is 13.4. The number of hydrogen-bond acceptors (Lipinski definition) is 8. The van der Waals surface area contributed by atoms with Crippen LogP contribution in [0.4, 0.5) is 5.82 Å². The number of hydrogen-bond donors (Lipinski definition) is 0. The van der Waals surface area contributed by atoms with E-state index in [0.29, 0.717) is 29.8 Å². The zero-order valence-corrected chi connectivity index (χ0v) is 24.5. The molecule has 6 rings (SSSR count). The number of fused-ring (bicyclic) bond motifs is 3. The number of rotatable bonds is 6. The summed E-state index contributed by atoms with van der Waals surface area (Å²) in [6, 6.07) is 12.0. The minimum atomic E-state index is -3.99. The molecule has 12 nitrogen and oxygen atoms in total. The van der Waals surface area contributed by atoms with Crippen LogP contribution in [0.15, 0.2) is 42.6 Å². The van der Waals surface area contributed by atoms with Gasteiger partial charge in [-0.15, -0.1) is 5.10 Å². The first-order valence-corrected chi connectivity index (χ1v) is 15.3. The third-order valence-electron chi connectivity index (χ3n) is 7.81. The van der Waals surface area contributed by atoms with Crippen LogP contribution in [0.2, 0.25) is 0 Å². The van der Waals surface area contributed by atoms with Gasteiger partial charge in [0.1, 0.15) is 16.6 Å². The molecule has 1 atom stereocenters. The van der Waals surface area contributed by atoms with E-state index in [1.807, 2.05) is 38.2 Å². The van der Waals surface area contributed by atoms with Gasteiger partial charge in [-0.1, -0.05) is 35.5 Å². The van der Waals surface area contributed by atoms with Crippen LogP contribution in [0, 0.1) is 12.8 Å². The number of sulfonamides is 1. The fraction of sp³-hybridized carbons (Fsp3) is 0.393. The van der Waals surface area contributed by atoms with E-state index in [0.717, 1.165) is 51.4 Å². The molecule has 1 aromatic carbocycles. The third kappa shape index (κ3) is 4.49. The maximum atomic E-state index is 13.0. The lowest BCUT2D eigenvalue weighted by Crippen LogP contribution is -2.35. The first kappa shape index (κ1) is 27.1. The van der Waals surface area contributed by atoms with Gasteiger partial charge in [-0.05, 0) is 37.3 Å². The standard InChI is InChI=1S/C28H32N8O4S/c1-17-24(34(4)32-30-17)21-15-22-23(29-16-21)26-27(28(31-33(26)3)36(18(2)37)41(5,38)39)35(22)25(19-9-7-6-8-10-19)20-11-13-40-14-12-20/h6-10,15-16,20,25H,11-14H2,1-5H3. The Hall–Kier alpha value is -4.10. The first-order chi connectivity index (χ1) is 19.6. The number of benzene rings is 1. The normalized spacial score (nSPS) is 15.5. The lowest BCUT2D eigenvalue weighted by Gasteiger charge is -2.33. The molecule has 4 aromatic heterocycles. The average molecular weight is 577 g/mol. The largest absolute Gasteiger partial charge is 0.381 e. The van der Waals surface area contributed by atoms with Crippen molar-refractivity contribution in [2.24, 2.45) is 20.0 Å². The minimum Gasteiger partial charge on any atom is -0.381 e. The van der Waals surface area contributed by atoms with Crippen LogP contribution in [0.1, 0.15) is 37.1 Å². The lowest BCUT2D eigenvalue weighted by molar-refractivity contribution is -0.115. The predicted octanol–water partition coefficient (Wildman–Crippen LogP) is 3.36. The molecule has 1 amide bonds. The van der Waals surface area contributed by atoms with E-state index < -0.39 is 15.9 Å². The highest BCUT2D eigenvalue weighted by Gasteiger charge is 2.36. The molecule has 0 bridgehead atoms. The summed E-state index contributed by atoms with van der Waals surface area (Å²) in [4.78, 5) is 17.7. The van der Waals surface area contributed by atoms with Gasteiger partial charge in [-0.25, -0.2) is 13.1 Å². The molecule has 1 fully saturated rings. The maximum Gasteiger partial charge on any atom is 0.240 e. The van der Waals surface area contributed by atoms with Crippen molar-refractivity contribution in [3.05, 3.63) is 53.9 Å². The van der Waals surface area contributed by atoms with E-state index in [1.165, 1.54) is 6.92 Å². The Labute approximate surface area is 237 Å². The number of aryl methyl sites for hydroxylation is 3. The van der Waals surface area contributed by atoms with Gasteiger partial charge in [-0.2, -0.15) is 9.40 Å². The molecule has 0 N–H and O–H groups in total. The Morgan fingerprint density at radius 2 is 1.80 bits per heavy atom. The number of carbonyl (C=O) groups excluding carboxylic acids is 1. The van der Waals surface area contributed by atoms with Crippen molar-refractivity contribution in [2.75, 3.05) is 23.8 Å². The van der Waals surface area contributed by atoms with Crippen LogP contribution in [-0.2, 0) is 33.7 Å². The predicted molar refractivity (Wildman–Crippen MR) is 155 cm³/mol. The number of carbonyl (C=O) groups is 1. The summed E-state index contributed by atoms with van der Waals surface area (Å²) < 4.78 is 37.9. The number of pyridine rings is 1. The Morgan fingerprint density at radius 3 is 2.41 bits per heavy atom. The van der Waals surface area contributed by atoms with Gasteiger partial charge in [0.2, 0.25) is 15.9 Å². The number of anilines is 1. The van der Waals surface area contributed by atoms with Gasteiger partial charge in [0, 0.05) is 46.0 Å². The third-order valence-corrected chi connectivity index (χ3v) is 8.90. The van der Waals surface area contributed by atoms with Crippen LogP contribution >= 0.6 is 0 Å². The highest BCUT2D eigenvalue weighted by Crippen LogP contribution is 2.44. The molecule has 41 heavy (non-hydrogen) atoms. The number of nitrogens with zero attached hydrogens (tertiary/aromatic N) is 8. The molecule has 214 valence electrons. The number of amides is 1. The van der Waals surface area contributed by atoms with Crippen LogP contribution in [0.25, 0.3) is 33.3 Å². The van der Waals surface area contributed by atoms with Crippen LogP contribution in [-0.4, -0.2) is 68.1 Å². The van der Waals surface area contributed by atoms with Crippen molar-refractivity contribution in [2.45, 2.75) is 32.7 Å². The van der Waals surface area contributed by atoms with Gasteiger partial charge in [0.05, 0.1) is 29.2 Å². The molecule has 5 aromatic rings. The summed E-state index contributed by atoms with van der Waals surface area (Å²) in [6.45, 7) is 4.39. The molecular formula is C28H32N8O4S. The molecule has 1 saturated heterocycles. The minimum absolute atomic E-state index is 0.0587. The van der Waals surface area contributed by atoms with Crippen molar-refractivity contribution in [1.82, 2.24) is 34.3 Å². The Kier molecular flexibility index (Phi) is 6.65. The molecular weight excluding hydrogens is 544 g/mol. The van der Waals surface area contributed by atoms with Gasteiger partial charge in [0.15, 0.2) is 5.82 Å². The van der Waals surface area contributed by atoms with E-state index in [9.17, 15) is 13.2 Å². The lowest BCUT2D eigenvalue weighted by atomic mass is 9.86. The molecule has 0 saturated carbocycles. The summed E-state index contributed by atoms with van der Waals surface area (Å²) in [6.07, 6.45) is 4.42. The number of ether oxygens (including phenoxy) is 1. The van der Waals surface area contributed by atoms with E-state index in [-0.39, 0.29) is 17.8 Å². The summed E-state index contributed by atoms with van der Waals surface area (Å²) in [7, 11) is -0.406. The molecule has 0 aliphatic carbocycles. The van der Waals surface area contributed by atoms with E-state index in [1.54, 1.807) is 22.6 Å². The van der Waals surface area contributed by atoms with E-state index >= 15 is 0 Å². The van der Waals surface area contributed by atoms with Crippen molar-refractivity contribution in [3.8, 4) is 11.3 Å². The van der Waals surface area contributed by atoms with Gasteiger partial charge >= 0.3 is 0 Å². The maximum absolute atomic E-state index is 13.0. The van der Waals surface area contributed by atoms with Crippen LogP contribution in [0.3, 0.4) is 0 Å². The summed E-state index contributed by atoms with van der Waals surface area (Å²) >= 11 is 0. The second kappa shape index (κ2) is 10.1. The van der Waals surface area contributed by atoms with E-state index in [2.05, 4.69) is 32.1 Å². The molecule has 13 heteroatoms. The van der Waals surface area contributed by atoms with Crippen molar-refractivity contribution in [1.29, 1.82) is 0 Å². The topological polar surface area (TPSA) is 130 Å². The van der Waals surface area contributed by atoms with Crippen molar-refractivity contribution in [3.63, 3.8) is 0 Å². The molecule has 0 radical (unpaired) electrons. The highest BCUT2D eigenvalue weighted by atomic mass is 32.2. The fourth-order valence-electron chi connectivity index (χ4n) is 6.19. The smallest absolute Gasteiger partial charge is 0.240 e. The molecule has 1 aliphatic heterocycles. The Balaban J connectivity index is 1.77. The SMILES string of the molecule is CC(=O)N(c1nn(C)c2c3ncc(-c4c(C)nnn4C)cc3n(C(c3ccccc3)C3CCOCC3)c12)S(C)(=O)=O. The zero-order valence-electron chi connectivity index (χ0n) is 23.6. The summed E-state index contributed by atoms with van der Waals surface area (Å²) in [5.74, 6) is -0.411. The Morgan fingerprint density at radius 1 is 1.10 bits per heavy atom. The Bertz CT molecular complexity index is 1870. The van der Waals surface area contributed by atoms with Crippen molar-refractivity contribution >= 4 is 43.8 Å². The van der Waals surface area contributed by atoms with Crippen molar-refractivity contribution < 1.29 is 17.9 Å². The molecule has 1 aliphatic rings. The van der Waals surface area contributed by atoms with E-state index in [4.69, 9.17) is 9.72 Å². The number of aromatic nitrogens is 7. The average Bonchev–Trinajstić information content (AvgIpc) is 3.56. The second-order valence-electron chi connectivity index (χ2n) is 10.6. The van der Waals surface area contributed by atoms with Gasteiger partial charge < -0.3 is 9.30 Å².